The number of rotatable bonds is 8. The summed E-state index contributed by atoms with van der Waals surface area (Å²) < 4.78 is 39.7. The summed E-state index contributed by atoms with van der Waals surface area (Å²) in [5.74, 6) is 0.0601. The average molecular weight is 472 g/mol. The summed E-state index contributed by atoms with van der Waals surface area (Å²) in [6, 6.07) is 14.5. The third-order valence-corrected chi connectivity index (χ3v) is 7.08. The highest BCUT2D eigenvalue weighted by atomic mass is 32.2. The van der Waals surface area contributed by atoms with Crippen molar-refractivity contribution in [2.24, 2.45) is 0 Å². The molecule has 0 saturated carbocycles. The zero-order valence-electron chi connectivity index (χ0n) is 18.2. The summed E-state index contributed by atoms with van der Waals surface area (Å²) >= 11 is 0. The van der Waals surface area contributed by atoms with Crippen LogP contribution in [0.25, 0.3) is 0 Å². The van der Waals surface area contributed by atoms with Crippen molar-refractivity contribution in [1.29, 1.82) is 0 Å². The number of benzene rings is 2. The Hall–Kier alpha value is -3.28. The van der Waals surface area contributed by atoms with Crippen LogP contribution in [0.1, 0.15) is 11.1 Å². The summed E-state index contributed by atoms with van der Waals surface area (Å²) in [5.41, 5.74) is 1.59. The predicted molar refractivity (Wildman–Crippen MR) is 120 cm³/mol. The minimum atomic E-state index is -3.78. The molecule has 11 heteroatoms. The number of nitrogens with zero attached hydrogens (tertiary/aromatic N) is 4. The van der Waals surface area contributed by atoms with Gasteiger partial charge in [0.05, 0.1) is 33.3 Å². The van der Waals surface area contributed by atoms with Crippen LogP contribution in [0.5, 0.6) is 5.75 Å². The number of aromatic nitrogens is 3. The first-order chi connectivity index (χ1) is 16.0. The second kappa shape index (κ2) is 10.1. The van der Waals surface area contributed by atoms with E-state index in [-0.39, 0.29) is 42.0 Å². The fraction of sp³-hybridized carbons (Fsp3) is 0.318. The van der Waals surface area contributed by atoms with Gasteiger partial charge < -0.3 is 9.47 Å². The number of hydrogen-bond donors (Lipinski definition) is 1. The second-order valence-electron chi connectivity index (χ2n) is 7.48. The van der Waals surface area contributed by atoms with E-state index in [0.29, 0.717) is 25.3 Å². The van der Waals surface area contributed by atoms with Crippen LogP contribution >= 0.6 is 0 Å². The van der Waals surface area contributed by atoms with E-state index < -0.39 is 10.0 Å². The number of carbonyl (C=O) groups excluding carboxylic acids is 1. The third-order valence-electron chi connectivity index (χ3n) is 5.16. The number of carbonyl (C=O) groups is 1. The van der Waals surface area contributed by atoms with Gasteiger partial charge in [-0.1, -0.05) is 36.4 Å². The lowest BCUT2D eigenvalue weighted by atomic mass is 10.1. The first-order valence-corrected chi connectivity index (χ1v) is 11.9. The lowest BCUT2D eigenvalue weighted by molar-refractivity contribution is -0.115. The van der Waals surface area contributed by atoms with Crippen molar-refractivity contribution < 1.29 is 22.7 Å². The fourth-order valence-corrected chi connectivity index (χ4v) is 5.13. The van der Waals surface area contributed by atoms with Gasteiger partial charge in [0.1, 0.15) is 17.0 Å². The highest BCUT2D eigenvalue weighted by Gasteiger charge is 2.29. The van der Waals surface area contributed by atoms with E-state index in [4.69, 9.17) is 9.47 Å². The number of methoxy groups -OCH3 is 1. The van der Waals surface area contributed by atoms with Crippen LogP contribution in [0.15, 0.2) is 59.8 Å². The molecule has 0 unspecified atom stereocenters. The Bertz CT molecular complexity index is 1210. The first-order valence-electron chi connectivity index (χ1n) is 10.4. The van der Waals surface area contributed by atoms with Crippen molar-refractivity contribution in [3.8, 4) is 5.75 Å². The van der Waals surface area contributed by atoms with Crippen LogP contribution in [-0.4, -0.2) is 66.8 Å². The number of sulfonamides is 1. The van der Waals surface area contributed by atoms with Crippen molar-refractivity contribution in [3.05, 3.63) is 66.0 Å². The molecule has 1 fully saturated rings. The van der Waals surface area contributed by atoms with E-state index in [1.807, 2.05) is 30.3 Å². The smallest absolute Gasteiger partial charge is 0.248 e. The topological polar surface area (TPSA) is 116 Å². The van der Waals surface area contributed by atoms with Gasteiger partial charge in [-0.05, 0) is 23.3 Å². The first kappa shape index (κ1) is 22.9. The van der Waals surface area contributed by atoms with Crippen LogP contribution < -0.4 is 10.1 Å². The van der Waals surface area contributed by atoms with Crippen molar-refractivity contribution in [2.45, 2.75) is 17.9 Å². The Balaban J connectivity index is 1.44. The molecule has 1 amide bonds. The molecule has 1 saturated heterocycles. The van der Waals surface area contributed by atoms with E-state index >= 15 is 0 Å². The largest absolute Gasteiger partial charge is 0.495 e. The molecule has 33 heavy (non-hydrogen) atoms. The number of anilines is 1. The molecule has 10 nitrogen and oxygen atoms in total. The summed E-state index contributed by atoms with van der Waals surface area (Å²) in [6.07, 6.45) is 1.51. The van der Waals surface area contributed by atoms with Crippen LogP contribution in [0.2, 0.25) is 0 Å². The maximum Gasteiger partial charge on any atom is 0.248 e. The number of morpholine rings is 1. The Morgan fingerprint density at radius 1 is 1.12 bits per heavy atom. The lowest BCUT2D eigenvalue weighted by Gasteiger charge is -2.26. The van der Waals surface area contributed by atoms with Crippen LogP contribution in [-0.2, 0) is 32.5 Å². The zero-order valence-corrected chi connectivity index (χ0v) is 19.0. The van der Waals surface area contributed by atoms with Crippen LogP contribution in [0.3, 0.4) is 0 Å². The van der Waals surface area contributed by atoms with Crippen molar-refractivity contribution >= 4 is 21.9 Å². The molecule has 3 aromatic rings. The normalized spacial score (nSPS) is 14.7. The van der Waals surface area contributed by atoms with Gasteiger partial charge in [0.2, 0.25) is 21.9 Å². The average Bonchev–Trinajstić information content (AvgIpc) is 3.26. The van der Waals surface area contributed by atoms with Crippen LogP contribution in [0.4, 0.5) is 5.95 Å². The minimum Gasteiger partial charge on any atom is -0.495 e. The molecule has 1 aliphatic rings. The highest BCUT2D eigenvalue weighted by Crippen LogP contribution is 2.28. The maximum absolute atomic E-state index is 13.1. The number of ether oxygens (including phenoxy) is 2. The van der Waals surface area contributed by atoms with Crippen molar-refractivity contribution in [1.82, 2.24) is 19.1 Å². The Labute approximate surface area is 192 Å². The molecule has 1 aromatic heterocycles. The monoisotopic (exact) mass is 471 g/mol. The van der Waals surface area contributed by atoms with Gasteiger partial charge in [0, 0.05) is 13.1 Å². The Morgan fingerprint density at radius 2 is 1.88 bits per heavy atom. The van der Waals surface area contributed by atoms with E-state index in [0.717, 1.165) is 5.56 Å². The van der Waals surface area contributed by atoms with Gasteiger partial charge in [0.15, 0.2) is 0 Å². The maximum atomic E-state index is 13.1. The summed E-state index contributed by atoms with van der Waals surface area (Å²) in [5, 5.41) is 6.93. The molecule has 0 spiro atoms. The molecule has 1 N–H and O–H groups in total. The van der Waals surface area contributed by atoms with Crippen molar-refractivity contribution in [3.63, 3.8) is 0 Å². The molecule has 2 heterocycles. The SMILES string of the molecule is COc1ccc(CC(=O)Nc2ncn(Cc3ccccc3)n2)cc1S(=O)(=O)N1CCOCC1. The zero-order chi connectivity index (χ0) is 23.3. The fourth-order valence-electron chi connectivity index (χ4n) is 3.51. The Kier molecular flexibility index (Phi) is 7.02. The molecule has 4 rings (SSSR count). The molecular formula is C22H25N5O5S. The lowest BCUT2D eigenvalue weighted by Crippen LogP contribution is -2.40. The highest BCUT2D eigenvalue weighted by molar-refractivity contribution is 7.89. The number of amides is 1. The van der Waals surface area contributed by atoms with Gasteiger partial charge >= 0.3 is 0 Å². The van der Waals surface area contributed by atoms with E-state index in [2.05, 4.69) is 15.4 Å². The summed E-state index contributed by atoms with van der Waals surface area (Å²) in [6.45, 7) is 1.76. The second-order valence-corrected chi connectivity index (χ2v) is 9.38. The van der Waals surface area contributed by atoms with Gasteiger partial charge in [-0.15, -0.1) is 5.10 Å². The quantitative estimate of drug-likeness (QED) is 0.530. The van der Waals surface area contributed by atoms with Gasteiger partial charge in [-0.3, -0.25) is 10.1 Å². The third kappa shape index (κ3) is 5.56. The summed E-state index contributed by atoms with van der Waals surface area (Å²) in [4.78, 5) is 16.7. The summed E-state index contributed by atoms with van der Waals surface area (Å²) in [7, 11) is -2.37. The Morgan fingerprint density at radius 3 is 2.61 bits per heavy atom. The molecular weight excluding hydrogens is 446 g/mol. The molecule has 1 aliphatic heterocycles. The van der Waals surface area contributed by atoms with E-state index in [1.165, 1.54) is 17.5 Å². The molecule has 0 aliphatic carbocycles. The number of hydrogen-bond acceptors (Lipinski definition) is 7. The predicted octanol–water partition coefficient (Wildman–Crippen LogP) is 1.54. The van der Waals surface area contributed by atoms with E-state index in [1.54, 1.807) is 23.1 Å². The van der Waals surface area contributed by atoms with Crippen molar-refractivity contribution in [2.75, 3.05) is 38.7 Å². The molecule has 0 bridgehead atoms. The molecule has 2 aromatic carbocycles. The van der Waals surface area contributed by atoms with Gasteiger partial charge in [-0.25, -0.2) is 18.1 Å². The standard InChI is InChI=1S/C22H25N5O5S/c1-31-19-8-7-18(13-20(19)33(29,30)27-9-11-32-12-10-27)14-21(28)24-22-23-16-26(25-22)15-17-5-3-2-4-6-17/h2-8,13,16H,9-12,14-15H2,1H3,(H,24,25,28). The van der Waals surface area contributed by atoms with Gasteiger partial charge in [-0.2, -0.15) is 4.31 Å². The molecule has 174 valence electrons. The molecule has 0 radical (unpaired) electrons. The van der Waals surface area contributed by atoms with Gasteiger partial charge in [0.25, 0.3) is 0 Å². The van der Waals surface area contributed by atoms with Crippen LogP contribution in [0, 0.1) is 0 Å². The number of nitrogens with one attached hydrogen (secondary N) is 1. The van der Waals surface area contributed by atoms with E-state index in [9.17, 15) is 13.2 Å². The minimum absolute atomic E-state index is 0.0301. The molecule has 0 atom stereocenters.